The first-order valence-electron chi connectivity index (χ1n) is 10.2. The number of rotatable bonds is 7. The second-order valence-electron chi connectivity index (χ2n) is 8.41. The quantitative estimate of drug-likeness (QED) is 0.692. The van der Waals surface area contributed by atoms with Gasteiger partial charge < -0.3 is 20.1 Å². The highest BCUT2D eigenvalue weighted by Crippen LogP contribution is 2.40. The van der Waals surface area contributed by atoms with E-state index in [4.69, 9.17) is 9.47 Å². The molecule has 2 rings (SSSR count). The Hall–Kier alpha value is -2.24. The average Bonchev–Trinajstić information content (AvgIpc) is 2.66. The third-order valence-electron chi connectivity index (χ3n) is 5.09. The van der Waals surface area contributed by atoms with Crippen LogP contribution in [0.4, 0.5) is 4.79 Å². The fraction of sp³-hybridized carbons (Fsp3) is 0.636. The van der Waals surface area contributed by atoms with E-state index in [1.807, 2.05) is 45.0 Å². The molecule has 1 saturated carbocycles. The second kappa shape index (κ2) is 9.80. The number of methoxy groups -OCH3 is 1. The normalized spacial score (nSPS) is 16.1. The molecule has 156 valence electrons. The van der Waals surface area contributed by atoms with E-state index < -0.39 is 17.1 Å². The van der Waals surface area contributed by atoms with Crippen LogP contribution in [0.3, 0.4) is 0 Å². The molecule has 0 unspecified atom stereocenters. The molecular weight excluding hydrogens is 356 g/mol. The molecule has 0 spiro atoms. The molecule has 28 heavy (non-hydrogen) atoms. The van der Waals surface area contributed by atoms with Gasteiger partial charge in [-0.15, -0.1) is 0 Å². The molecule has 0 radical (unpaired) electrons. The predicted octanol–water partition coefficient (Wildman–Crippen LogP) is 3.93. The molecule has 6 nitrogen and oxygen atoms in total. The maximum absolute atomic E-state index is 13.1. The molecule has 0 aromatic heterocycles. The minimum absolute atomic E-state index is 0.0784. The van der Waals surface area contributed by atoms with Gasteiger partial charge in [0.15, 0.2) is 0 Å². The van der Waals surface area contributed by atoms with Gasteiger partial charge in [-0.1, -0.05) is 31.4 Å². The molecule has 2 amide bonds. The van der Waals surface area contributed by atoms with Crippen molar-refractivity contribution in [3.63, 3.8) is 0 Å². The molecule has 0 saturated heterocycles. The first-order valence-corrected chi connectivity index (χ1v) is 10.2. The Morgan fingerprint density at radius 3 is 2.18 bits per heavy atom. The standard InChI is InChI=1S/C22H34N2O4/c1-21(2,3)28-20(26)24-16-8-15-23-19(25)22(13-6-5-7-14-22)17-9-11-18(27-4)12-10-17/h9-12H,5-8,13-16H2,1-4H3,(H,23,25)(H,24,26). The first kappa shape index (κ1) is 22.1. The monoisotopic (exact) mass is 390 g/mol. The summed E-state index contributed by atoms with van der Waals surface area (Å²) in [4.78, 5) is 24.8. The Bertz CT molecular complexity index is 643. The van der Waals surface area contributed by atoms with Gasteiger partial charge in [0.1, 0.15) is 11.4 Å². The van der Waals surface area contributed by atoms with Crippen LogP contribution in [0.5, 0.6) is 5.75 Å². The van der Waals surface area contributed by atoms with Gasteiger partial charge in [-0.25, -0.2) is 4.79 Å². The summed E-state index contributed by atoms with van der Waals surface area (Å²) >= 11 is 0. The summed E-state index contributed by atoms with van der Waals surface area (Å²) < 4.78 is 10.5. The summed E-state index contributed by atoms with van der Waals surface area (Å²) in [6.07, 6.45) is 5.23. The van der Waals surface area contributed by atoms with Crippen molar-refractivity contribution in [2.75, 3.05) is 20.2 Å². The summed E-state index contributed by atoms with van der Waals surface area (Å²) in [5.41, 5.74) is 0.0741. The second-order valence-corrected chi connectivity index (χ2v) is 8.41. The molecule has 0 bridgehead atoms. The number of carbonyl (C=O) groups excluding carboxylic acids is 2. The molecule has 1 aromatic rings. The maximum Gasteiger partial charge on any atom is 0.407 e. The van der Waals surface area contributed by atoms with Crippen molar-refractivity contribution in [2.24, 2.45) is 0 Å². The van der Waals surface area contributed by atoms with Gasteiger partial charge in [-0.3, -0.25) is 4.79 Å². The van der Waals surface area contributed by atoms with Crippen molar-refractivity contribution in [3.05, 3.63) is 29.8 Å². The van der Waals surface area contributed by atoms with E-state index in [0.717, 1.165) is 37.0 Å². The lowest BCUT2D eigenvalue weighted by Crippen LogP contribution is -2.46. The molecule has 1 aliphatic carbocycles. The van der Waals surface area contributed by atoms with Gasteiger partial charge in [0, 0.05) is 13.1 Å². The molecular formula is C22H34N2O4. The van der Waals surface area contributed by atoms with E-state index >= 15 is 0 Å². The van der Waals surface area contributed by atoms with Crippen molar-refractivity contribution in [3.8, 4) is 5.75 Å². The fourth-order valence-corrected chi connectivity index (χ4v) is 3.68. The highest BCUT2D eigenvalue weighted by atomic mass is 16.6. The smallest absolute Gasteiger partial charge is 0.407 e. The lowest BCUT2D eigenvalue weighted by molar-refractivity contribution is -0.128. The number of ether oxygens (including phenoxy) is 2. The van der Waals surface area contributed by atoms with Gasteiger partial charge in [-0.2, -0.15) is 0 Å². The van der Waals surface area contributed by atoms with Crippen LogP contribution in [0.15, 0.2) is 24.3 Å². The predicted molar refractivity (Wildman–Crippen MR) is 110 cm³/mol. The van der Waals surface area contributed by atoms with E-state index in [1.165, 1.54) is 6.42 Å². The van der Waals surface area contributed by atoms with Crippen LogP contribution in [0, 0.1) is 0 Å². The highest BCUT2D eigenvalue weighted by Gasteiger charge is 2.40. The number of hydrogen-bond acceptors (Lipinski definition) is 4. The zero-order valence-corrected chi connectivity index (χ0v) is 17.6. The molecule has 2 N–H and O–H groups in total. The minimum Gasteiger partial charge on any atom is -0.497 e. The maximum atomic E-state index is 13.1. The SMILES string of the molecule is COc1ccc(C2(C(=O)NCCCNC(=O)OC(C)(C)C)CCCCC2)cc1. The van der Waals surface area contributed by atoms with Gasteiger partial charge in [0.05, 0.1) is 12.5 Å². The van der Waals surface area contributed by atoms with E-state index in [9.17, 15) is 9.59 Å². The topological polar surface area (TPSA) is 76.7 Å². The highest BCUT2D eigenvalue weighted by molar-refractivity contribution is 5.88. The van der Waals surface area contributed by atoms with Crippen LogP contribution >= 0.6 is 0 Å². The van der Waals surface area contributed by atoms with Gasteiger partial charge in [0.25, 0.3) is 0 Å². The molecule has 0 heterocycles. The van der Waals surface area contributed by atoms with E-state index in [2.05, 4.69) is 10.6 Å². The summed E-state index contributed by atoms with van der Waals surface area (Å²) in [5.74, 6) is 0.873. The van der Waals surface area contributed by atoms with Crippen molar-refractivity contribution < 1.29 is 19.1 Å². The molecule has 1 aromatic carbocycles. The average molecular weight is 391 g/mol. The first-order chi connectivity index (χ1) is 13.3. The van der Waals surface area contributed by atoms with Crippen molar-refractivity contribution in [1.29, 1.82) is 0 Å². The van der Waals surface area contributed by atoms with Crippen LogP contribution in [0.2, 0.25) is 0 Å². The number of nitrogens with one attached hydrogen (secondary N) is 2. The summed E-state index contributed by atoms with van der Waals surface area (Å²) in [5, 5.41) is 5.80. The summed E-state index contributed by atoms with van der Waals surface area (Å²) in [7, 11) is 1.64. The molecule has 6 heteroatoms. The van der Waals surface area contributed by atoms with E-state index in [-0.39, 0.29) is 5.91 Å². The van der Waals surface area contributed by atoms with Crippen molar-refractivity contribution in [1.82, 2.24) is 10.6 Å². The van der Waals surface area contributed by atoms with Crippen LogP contribution in [0.25, 0.3) is 0 Å². The molecule has 1 aliphatic rings. The van der Waals surface area contributed by atoms with Crippen LogP contribution in [-0.4, -0.2) is 37.8 Å². The molecule has 0 atom stereocenters. The lowest BCUT2D eigenvalue weighted by Gasteiger charge is -2.36. The Kier molecular flexibility index (Phi) is 7.72. The zero-order chi connectivity index (χ0) is 20.6. The third kappa shape index (κ3) is 6.14. The van der Waals surface area contributed by atoms with Crippen molar-refractivity contribution in [2.45, 2.75) is 70.3 Å². The van der Waals surface area contributed by atoms with E-state index in [1.54, 1.807) is 7.11 Å². The minimum atomic E-state index is -0.510. The Labute approximate surface area is 168 Å². The van der Waals surface area contributed by atoms with Gasteiger partial charge >= 0.3 is 6.09 Å². The van der Waals surface area contributed by atoms with E-state index in [0.29, 0.717) is 19.5 Å². The Balaban J connectivity index is 1.88. The van der Waals surface area contributed by atoms with Crippen LogP contribution < -0.4 is 15.4 Å². The Morgan fingerprint density at radius 2 is 1.61 bits per heavy atom. The number of hydrogen-bond donors (Lipinski definition) is 2. The van der Waals surface area contributed by atoms with Crippen LogP contribution in [0.1, 0.15) is 64.9 Å². The number of carbonyl (C=O) groups is 2. The van der Waals surface area contributed by atoms with Gasteiger partial charge in [0.2, 0.25) is 5.91 Å². The number of alkyl carbamates (subject to hydrolysis) is 1. The lowest BCUT2D eigenvalue weighted by atomic mass is 9.68. The summed E-state index contributed by atoms with van der Waals surface area (Å²) in [6, 6.07) is 7.86. The number of amides is 2. The van der Waals surface area contributed by atoms with Gasteiger partial charge in [-0.05, 0) is 57.7 Å². The molecule has 0 aliphatic heterocycles. The van der Waals surface area contributed by atoms with Crippen molar-refractivity contribution >= 4 is 12.0 Å². The number of benzene rings is 1. The third-order valence-corrected chi connectivity index (χ3v) is 5.09. The van der Waals surface area contributed by atoms with Crippen LogP contribution in [-0.2, 0) is 14.9 Å². The Morgan fingerprint density at radius 1 is 1.00 bits per heavy atom. The zero-order valence-electron chi connectivity index (χ0n) is 17.6. The largest absolute Gasteiger partial charge is 0.497 e. The molecule has 1 fully saturated rings. The summed E-state index contributed by atoms with van der Waals surface area (Å²) in [6.45, 7) is 6.47. The fourth-order valence-electron chi connectivity index (χ4n) is 3.68.